The molecule has 0 radical (unpaired) electrons. The summed E-state index contributed by atoms with van der Waals surface area (Å²) >= 11 is 0. The number of halogens is 3. The predicted octanol–water partition coefficient (Wildman–Crippen LogP) is 3.64. The first kappa shape index (κ1) is 20.2. The number of nitrogens with one attached hydrogen (secondary N) is 2. The van der Waals surface area contributed by atoms with Crippen molar-refractivity contribution in [3.63, 3.8) is 0 Å². The van der Waals surface area contributed by atoms with Crippen LogP contribution in [0, 0.1) is 0 Å². The number of hydrogen-bond donors (Lipinski definition) is 2. The maximum Gasteiger partial charge on any atom is 0.416 e. The van der Waals surface area contributed by atoms with Gasteiger partial charge in [-0.25, -0.2) is 4.98 Å². The summed E-state index contributed by atoms with van der Waals surface area (Å²) < 4.78 is 40.7. The number of imidazole rings is 1. The van der Waals surface area contributed by atoms with E-state index in [1.165, 1.54) is 6.07 Å². The lowest BCUT2D eigenvalue weighted by Gasteiger charge is -2.17. The lowest BCUT2D eigenvalue weighted by molar-refractivity contribution is -0.137. The van der Waals surface area contributed by atoms with Crippen molar-refractivity contribution in [2.75, 3.05) is 13.1 Å². The molecule has 1 aliphatic heterocycles. The Kier molecular flexibility index (Phi) is 5.59. The Bertz CT molecular complexity index is 1040. The largest absolute Gasteiger partial charge is 0.416 e. The smallest absolute Gasteiger partial charge is 0.350 e. The van der Waals surface area contributed by atoms with Crippen molar-refractivity contribution in [1.82, 2.24) is 20.2 Å². The predicted molar refractivity (Wildman–Crippen MR) is 107 cm³/mol. The Morgan fingerprint density at radius 3 is 2.70 bits per heavy atom. The Balaban J connectivity index is 1.51. The summed E-state index contributed by atoms with van der Waals surface area (Å²) in [4.78, 5) is 17.4. The van der Waals surface area contributed by atoms with Crippen LogP contribution in [-0.2, 0) is 25.7 Å². The molecule has 0 atom stereocenters. The quantitative estimate of drug-likeness (QED) is 0.670. The zero-order valence-corrected chi connectivity index (χ0v) is 16.2. The van der Waals surface area contributed by atoms with Gasteiger partial charge in [-0.05, 0) is 18.1 Å². The third-order valence-corrected chi connectivity index (χ3v) is 5.06. The van der Waals surface area contributed by atoms with E-state index in [9.17, 15) is 18.0 Å². The van der Waals surface area contributed by atoms with E-state index < -0.39 is 11.7 Å². The molecule has 0 bridgehead atoms. The maximum atomic E-state index is 12.9. The average molecular weight is 414 g/mol. The molecule has 0 spiro atoms. The van der Waals surface area contributed by atoms with Gasteiger partial charge in [0.15, 0.2) is 5.69 Å². The molecule has 0 saturated carbocycles. The Labute approximate surface area is 171 Å². The van der Waals surface area contributed by atoms with Crippen molar-refractivity contribution in [3.05, 3.63) is 77.2 Å². The minimum Gasteiger partial charge on any atom is -0.350 e. The lowest BCUT2D eigenvalue weighted by Crippen LogP contribution is -2.28. The molecule has 1 aromatic heterocycles. The molecule has 1 aliphatic rings. The summed E-state index contributed by atoms with van der Waals surface area (Å²) in [6.07, 6.45) is -4.08. The standard InChI is InChI=1S/C22H21F3N4O/c23-22(24,25)17-8-4-5-15(13-17)9-10-27-21(30)19-20(16-6-2-1-3-7-16)29-12-11-26-14-18(29)28-19/h1-8,13,26H,9-12,14H2,(H,27,30). The first-order valence-corrected chi connectivity index (χ1v) is 9.73. The summed E-state index contributed by atoms with van der Waals surface area (Å²) in [6, 6.07) is 14.8. The minimum absolute atomic E-state index is 0.217. The van der Waals surface area contributed by atoms with Gasteiger partial charge in [-0.15, -0.1) is 0 Å². The molecule has 0 fully saturated rings. The molecular formula is C22H21F3N4O. The van der Waals surface area contributed by atoms with E-state index in [0.717, 1.165) is 35.8 Å². The average Bonchev–Trinajstić information content (AvgIpc) is 3.14. The fraction of sp³-hybridized carbons (Fsp3) is 0.273. The van der Waals surface area contributed by atoms with E-state index in [1.807, 2.05) is 34.9 Å². The number of carbonyl (C=O) groups excluding carboxylic acids is 1. The second kappa shape index (κ2) is 8.31. The fourth-order valence-corrected chi connectivity index (χ4v) is 3.62. The number of nitrogens with zero attached hydrogens (tertiary/aromatic N) is 2. The van der Waals surface area contributed by atoms with E-state index in [-0.39, 0.29) is 12.5 Å². The van der Waals surface area contributed by atoms with E-state index >= 15 is 0 Å². The number of alkyl halides is 3. The van der Waals surface area contributed by atoms with Gasteiger partial charge in [-0.1, -0.05) is 48.5 Å². The highest BCUT2D eigenvalue weighted by atomic mass is 19.4. The van der Waals surface area contributed by atoms with Crippen molar-refractivity contribution >= 4 is 5.91 Å². The first-order chi connectivity index (χ1) is 14.4. The molecule has 0 aliphatic carbocycles. The summed E-state index contributed by atoms with van der Waals surface area (Å²) in [5.74, 6) is 0.464. The third-order valence-electron chi connectivity index (χ3n) is 5.06. The van der Waals surface area contributed by atoms with E-state index in [0.29, 0.717) is 30.8 Å². The van der Waals surface area contributed by atoms with Crippen LogP contribution in [0.1, 0.15) is 27.4 Å². The zero-order valence-electron chi connectivity index (χ0n) is 16.2. The number of rotatable bonds is 5. The van der Waals surface area contributed by atoms with Gasteiger partial charge in [0, 0.05) is 25.2 Å². The SMILES string of the molecule is O=C(NCCc1cccc(C(F)(F)F)c1)c1nc2n(c1-c1ccccc1)CCNC2. The first-order valence-electron chi connectivity index (χ1n) is 9.73. The van der Waals surface area contributed by atoms with Crippen LogP contribution in [0.25, 0.3) is 11.3 Å². The van der Waals surface area contributed by atoms with Crippen molar-refractivity contribution in [2.45, 2.75) is 25.7 Å². The number of carbonyl (C=O) groups is 1. The molecule has 2 N–H and O–H groups in total. The second-order valence-electron chi connectivity index (χ2n) is 7.12. The van der Waals surface area contributed by atoms with Crippen LogP contribution in [-0.4, -0.2) is 28.5 Å². The second-order valence-corrected chi connectivity index (χ2v) is 7.12. The van der Waals surface area contributed by atoms with Crippen LogP contribution in [0.5, 0.6) is 0 Å². The summed E-state index contributed by atoms with van der Waals surface area (Å²) in [7, 11) is 0. The van der Waals surface area contributed by atoms with E-state index in [4.69, 9.17) is 0 Å². The number of aromatic nitrogens is 2. The monoisotopic (exact) mass is 414 g/mol. The zero-order chi connectivity index (χ0) is 21.1. The van der Waals surface area contributed by atoms with E-state index in [2.05, 4.69) is 15.6 Å². The number of hydrogen-bond acceptors (Lipinski definition) is 3. The molecule has 0 unspecified atom stereocenters. The van der Waals surface area contributed by atoms with Crippen LogP contribution in [0.3, 0.4) is 0 Å². The van der Waals surface area contributed by atoms with Crippen LogP contribution in [0.15, 0.2) is 54.6 Å². The van der Waals surface area contributed by atoms with Gasteiger partial charge in [0.25, 0.3) is 5.91 Å². The van der Waals surface area contributed by atoms with Crippen molar-refractivity contribution in [2.24, 2.45) is 0 Å². The van der Waals surface area contributed by atoms with E-state index in [1.54, 1.807) is 6.07 Å². The van der Waals surface area contributed by atoms with Crippen molar-refractivity contribution in [3.8, 4) is 11.3 Å². The molecule has 3 aromatic rings. The molecule has 156 valence electrons. The third kappa shape index (κ3) is 4.23. The van der Waals surface area contributed by atoms with Crippen LogP contribution in [0.4, 0.5) is 13.2 Å². The van der Waals surface area contributed by atoms with Gasteiger partial charge >= 0.3 is 6.18 Å². The Morgan fingerprint density at radius 2 is 1.93 bits per heavy atom. The molecule has 0 saturated heterocycles. The highest BCUT2D eigenvalue weighted by molar-refractivity contribution is 5.98. The molecule has 2 heterocycles. The molecule has 30 heavy (non-hydrogen) atoms. The Morgan fingerprint density at radius 1 is 1.13 bits per heavy atom. The number of amides is 1. The Hall–Kier alpha value is -3.13. The molecule has 2 aromatic carbocycles. The molecule has 5 nitrogen and oxygen atoms in total. The van der Waals surface area contributed by atoms with Crippen molar-refractivity contribution < 1.29 is 18.0 Å². The lowest BCUT2D eigenvalue weighted by atomic mass is 10.1. The molecule has 4 rings (SSSR count). The van der Waals surface area contributed by atoms with Crippen LogP contribution in [0.2, 0.25) is 0 Å². The van der Waals surface area contributed by atoms with Gasteiger partial charge in [0.2, 0.25) is 0 Å². The van der Waals surface area contributed by atoms with Gasteiger partial charge in [-0.3, -0.25) is 4.79 Å². The fourth-order valence-electron chi connectivity index (χ4n) is 3.62. The molecule has 1 amide bonds. The highest BCUT2D eigenvalue weighted by Gasteiger charge is 2.30. The van der Waals surface area contributed by atoms with Gasteiger partial charge < -0.3 is 15.2 Å². The van der Waals surface area contributed by atoms with Gasteiger partial charge in [0.05, 0.1) is 17.8 Å². The summed E-state index contributed by atoms with van der Waals surface area (Å²) in [5, 5.41) is 6.06. The number of fused-ring (bicyclic) bond motifs is 1. The normalized spacial score (nSPS) is 13.7. The summed E-state index contributed by atoms with van der Waals surface area (Å²) in [6.45, 7) is 2.30. The van der Waals surface area contributed by atoms with Crippen LogP contribution >= 0.6 is 0 Å². The highest BCUT2D eigenvalue weighted by Crippen LogP contribution is 2.30. The molecular weight excluding hydrogens is 393 g/mol. The molecule has 8 heteroatoms. The minimum atomic E-state index is -4.38. The summed E-state index contributed by atoms with van der Waals surface area (Å²) in [5.41, 5.74) is 1.84. The van der Waals surface area contributed by atoms with Crippen molar-refractivity contribution in [1.29, 1.82) is 0 Å². The topological polar surface area (TPSA) is 59.0 Å². The van der Waals surface area contributed by atoms with Gasteiger partial charge in [0.1, 0.15) is 5.82 Å². The van der Waals surface area contributed by atoms with Gasteiger partial charge in [-0.2, -0.15) is 13.2 Å². The maximum absolute atomic E-state index is 12.9. The van der Waals surface area contributed by atoms with Crippen LogP contribution < -0.4 is 10.6 Å². The number of benzene rings is 2.